The van der Waals surface area contributed by atoms with E-state index in [0.29, 0.717) is 13.2 Å². The molecule has 0 unspecified atom stereocenters. The molecule has 0 aliphatic carbocycles. The monoisotopic (exact) mass is 166 g/mol. The van der Waals surface area contributed by atoms with Gasteiger partial charge in [0.15, 0.2) is 5.75 Å². The molecule has 1 aromatic rings. The molecule has 0 spiro atoms. The summed E-state index contributed by atoms with van der Waals surface area (Å²) >= 11 is 1.49. The van der Waals surface area contributed by atoms with E-state index >= 15 is 0 Å². The van der Waals surface area contributed by atoms with E-state index in [1.54, 1.807) is 0 Å². The maximum absolute atomic E-state index is 5.33. The van der Waals surface area contributed by atoms with E-state index in [4.69, 9.17) is 15.9 Å². The Hall–Kier alpha value is -1.14. The van der Waals surface area contributed by atoms with Crippen molar-refractivity contribution in [1.82, 2.24) is 0 Å². The number of terminal acetylenes is 1. The second-order valence-electron chi connectivity index (χ2n) is 2.11. The molecule has 0 bridgehead atoms. The maximum atomic E-state index is 5.33. The van der Waals surface area contributed by atoms with Gasteiger partial charge in [0.05, 0.1) is 5.56 Å². The minimum Gasteiger partial charge on any atom is -0.484 e. The maximum Gasteiger partial charge on any atom is 0.218 e. The highest BCUT2D eigenvalue weighted by atomic mass is 32.1. The molecule has 0 saturated carbocycles. The lowest BCUT2D eigenvalue weighted by molar-refractivity contribution is 0.177. The molecule has 1 aliphatic rings. The fraction of sp³-hybridized carbons (Fsp3) is 0.250. The third-order valence-corrected chi connectivity index (χ3v) is 2.30. The van der Waals surface area contributed by atoms with Gasteiger partial charge in [0.25, 0.3) is 0 Å². The highest BCUT2D eigenvalue weighted by Gasteiger charge is 2.16. The molecule has 56 valence electrons. The summed E-state index contributed by atoms with van der Waals surface area (Å²) in [6.07, 6.45) is 5.24. The Morgan fingerprint density at radius 2 is 2.27 bits per heavy atom. The summed E-state index contributed by atoms with van der Waals surface area (Å²) in [5.74, 6) is 3.28. The van der Waals surface area contributed by atoms with Gasteiger partial charge in [-0.15, -0.1) is 17.8 Å². The molecule has 1 aromatic heterocycles. The van der Waals surface area contributed by atoms with Crippen molar-refractivity contribution in [1.29, 1.82) is 0 Å². The van der Waals surface area contributed by atoms with Crippen molar-refractivity contribution in [2.75, 3.05) is 13.2 Å². The lowest BCUT2D eigenvalue weighted by Crippen LogP contribution is -2.14. The average molecular weight is 166 g/mol. The number of hydrogen-bond donors (Lipinski definition) is 0. The van der Waals surface area contributed by atoms with Crippen LogP contribution < -0.4 is 9.47 Å². The van der Waals surface area contributed by atoms with Crippen LogP contribution in [0.2, 0.25) is 0 Å². The molecule has 0 fully saturated rings. The minimum absolute atomic E-state index is 0.596. The normalized spacial score (nSPS) is 14.1. The molecule has 0 N–H and O–H groups in total. The van der Waals surface area contributed by atoms with Crippen LogP contribution in [0, 0.1) is 12.3 Å². The van der Waals surface area contributed by atoms with Gasteiger partial charge in [0.1, 0.15) is 13.2 Å². The SMILES string of the molecule is C#Cc1csc2c1OCCO2. The third-order valence-electron chi connectivity index (χ3n) is 1.43. The molecule has 0 radical (unpaired) electrons. The third kappa shape index (κ3) is 0.958. The van der Waals surface area contributed by atoms with Crippen molar-refractivity contribution < 1.29 is 9.47 Å². The lowest BCUT2D eigenvalue weighted by Gasteiger charge is -2.14. The van der Waals surface area contributed by atoms with Crippen molar-refractivity contribution in [3.05, 3.63) is 10.9 Å². The van der Waals surface area contributed by atoms with Crippen LogP contribution in [0.4, 0.5) is 0 Å². The fourth-order valence-electron chi connectivity index (χ4n) is 0.943. The highest BCUT2D eigenvalue weighted by Crippen LogP contribution is 2.39. The van der Waals surface area contributed by atoms with Crippen LogP contribution in [0.15, 0.2) is 5.38 Å². The molecular formula is C8H6O2S. The molecule has 2 heterocycles. The highest BCUT2D eigenvalue weighted by molar-refractivity contribution is 7.12. The van der Waals surface area contributed by atoms with Gasteiger partial charge in [-0.1, -0.05) is 5.92 Å². The topological polar surface area (TPSA) is 18.5 Å². The van der Waals surface area contributed by atoms with Crippen LogP contribution in [-0.2, 0) is 0 Å². The van der Waals surface area contributed by atoms with Gasteiger partial charge < -0.3 is 9.47 Å². The molecule has 0 atom stereocenters. The second kappa shape index (κ2) is 2.48. The Bertz CT molecular complexity index is 308. The Balaban J connectivity index is 2.48. The smallest absolute Gasteiger partial charge is 0.218 e. The van der Waals surface area contributed by atoms with Crippen LogP contribution in [0.1, 0.15) is 5.56 Å². The van der Waals surface area contributed by atoms with Crippen molar-refractivity contribution in [2.45, 2.75) is 0 Å². The molecule has 2 nitrogen and oxygen atoms in total. The van der Waals surface area contributed by atoms with Gasteiger partial charge >= 0.3 is 0 Å². The van der Waals surface area contributed by atoms with Gasteiger partial charge in [0, 0.05) is 5.38 Å². The van der Waals surface area contributed by atoms with Crippen molar-refractivity contribution >= 4 is 11.3 Å². The number of rotatable bonds is 0. The number of fused-ring (bicyclic) bond motifs is 1. The molecule has 11 heavy (non-hydrogen) atoms. The predicted molar refractivity (Wildman–Crippen MR) is 43.2 cm³/mol. The summed E-state index contributed by atoms with van der Waals surface area (Å²) < 4.78 is 10.6. The Kier molecular flexibility index (Phi) is 1.48. The molecular weight excluding hydrogens is 160 g/mol. The van der Waals surface area contributed by atoms with Crippen LogP contribution in [0.25, 0.3) is 0 Å². The molecule has 2 rings (SSSR count). The first-order valence-electron chi connectivity index (χ1n) is 3.25. The van der Waals surface area contributed by atoms with E-state index < -0.39 is 0 Å². The zero-order chi connectivity index (χ0) is 7.68. The molecule has 0 amide bonds. The zero-order valence-electron chi connectivity index (χ0n) is 5.79. The van der Waals surface area contributed by atoms with E-state index in [0.717, 1.165) is 16.4 Å². The second-order valence-corrected chi connectivity index (χ2v) is 2.95. The first-order chi connectivity index (χ1) is 5.42. The van der Waals surface area contributed by atoms with Crippen molar-refractivity contribution in [3.8, 4) is 23.2 Å². The van der Waals surface area contributed by atoms with Crippen LogP contribution >= 0.6 is 11.3 Å². The van der Waals surface area contributed by atoms with E-state index in [9.17, 15) is 0 Å². The van der Waals surface area contributed by atoms with Crippen molar-refractivity contribution in [2.24, 2.45) is 0 Å². The lowest BCUT2D eigenvalue weighted by atomic mass is 10.3. The van der Waals surface area contributed by atoms with Gasteiger partial charge in [-0.25, -0.2) is 0 Å². The number of thiophene rings is 1. The molecule has 0 aromatic carbocycles. The molecule has 1 aliphatic heterocycles. The van der Waals surface area contributed by atoms with Crippen LogP contribution in [0.3, 0.4) is 0 Å². The van der Waals surface area contributed by atoms with E-state index in [1.807, 2.05) is 5.38 Å². The fourth-order valence-corrected chi connectivity index (χ4v) is 1.77. The molecule has 3 heteroatoms. The summed E-state index contributed by atoms with van der Waals surface area (Å²) in [5.41, 5.74) is 0.796. The largest absolute Gasteiger partial charge is 0.484 e. The quantitative estimate of drug-likeness (QED) is 0.544. The summed E-state index contributed by atoms with van der Waals surface area (Å²) in [5, 5.41) is 2.68. The standard InChI is InChI=1S/C8H6O2S/c1-2-6-5-11-8-7(6)9-3-4-10-8/h1,5H,3-4H2. The Morgan fingerprint density at radius 3 is 3.09 bits per heavy atom. The first kappa shape index (κ1) is 6.56. The minimum atomic E-state index is 0.596. The molecule has 0 saturated heterocycles. The van der Waals surface area contributed by atoms with Gasteiger partial charge in [-0.2, -0.15) is 0 Å². The van der Waals surface area contributed by atoms with Crippen LogP contribution in [-0.4, -0.2) is 13.2 Å². The van der Waals surface area contributed by atoms with Crippen LogP contribution in [0.5, 0.6) is 10.8 Å². The summed E-state index contributed by atoms with van der Waals surface area (Å²) in [6.45, 7) is 1.22. The predicted octanol–water partition coefficient (Wildman–Crippen LogP) is 1.50. The average Bonchev–Trinajstić information content (AvgIpc) is 2.47. The van der Waals surface area contributed by atoms with Gasteiger partial charge in [0.2, 0.25) is 5.06 Å². The first-order valence-corrected chi connectivity index (χ1v) is 4.13. The van der Waals surface area contributed by atoms with E-state index in [1.165, 1.54) is 11.3 Å². The zero-order valence-corrected chi connectivity index (χ0v) is 6.61. The van der Waals surface area contributed by atoms with E-state index in [2.05, 4.69) is 5.92 Å². The summed E-state index contributed by atoms with van der Waals surface area (Å²) in [6, 6.07) is 0. The Labute approximate surface area is 68.8 Å². The van der Waals surface area contributed by atoms with Gasteiger partial charge in [-0.05, 0) is 0 Å². The summed E-state index contributed by atoms with van der Waals surface area (Å²) in [4.78, 5) is 0. The van der Waals surface area contributed by atoms with Crippen molar-refractivity contribution in [3.63, 3.8) is 0 Å². The van der Waals surface area contributed by atoms with Gasteiger partial charge in [-0.3, -0.25) is 0 Å². The number of ether oxygens (including phenoxy) is 2. The summed E-state index contributed by atoms with van der Waals surface area (Å²) in [7, 11) is 0. The number of hydrogen-bond acceptors (Lipinski definition) is 3. The van der Waals surface area contributed by atoms with E-state index in [-0.39, 0.29) is 0 Å². The Morgan fingerprint density at radius 1 is 1.45 bits per heavy atom.